The van der Waals surface area contributed by atoms with Crippen molar-refractivity contribution >= 4 is 28.8 Å². The van der Waals surface area contributed by atoms with Crippen molar-refractivity contribution < 1.29 is 36.6 Å². The molecule has 1 aliphatic rings. The molecule has 1 amide bonds. The quantitative estimate of drug-likeness (QED) is 0.561. The zero-order chi connectivity index (χ0) is 26.3. The van der Waals surface area contributed by atoms with E-state index in [1.165, 1.54) is 16.5 Å². The molecule has 0 radical (unpaired) electrons. The van der Waals surface area contributed by atoms with Crippen molar-refractivity contribution in [1.29, 1.82) is 0 Å². The number of rotatable bonds is 6. The first-order valence-electron chi connectivity index (χ1n) is 10.0. The Morgan fingerprint density at radius 2 is 1.91 bits per heavy atom. The summed E-state index contributed by atoms with van der Waals surface area (Å²) < 4.78 is 59.6. The minimum atomic E-state index is -5.08. The van der Waals surface area contributed by atoms with Gasteiger partial charge in [-0.3, -0.25) is 9.36 Å². The number of hydrogen-bond donors (Lipinski definition) is 2. The van der Waals surface area contributed by atoms with Crippen LogP contribution in [0.4, 0.5) is 22.0 Å². The van der Waals surface area contributed by atoms with Crippen LogP contribution >= 0.6 is 11.3 Å². The molecule has 15 heteroatoms. The van der Waals surface area contributed by atoms with Crippen LogP contribution in [0.25, 0.3) is 5.57 Å². The summed E-state index contributed by atoms with van der Waals surface area (Å²) in [5.41, 5.74) is 5.70. The Balaban J connectivity index is 0.000000540. The summed E-state index contributed by atoms with van der Waals surface area (Å²) in [6.45, 7) is 2.53. The normalized spacial score (nSPS) is 13.6. The fourth-order valence-electron chi connectivity index (χ4n) is 2.95. The number of halogens is 5. The van der Waals surface area contributed by atoms with Gasteiger partial charge in [-0.05, 0) is 24.1 Å². The molecule has 0 atom stereocenters. The summed E-state index contributed by atoms with van der Waals surface area (Å²) in [4.78, 5) is 36.5. The van der Waals surface area contributed by atoms with Gasteiger partial charge in [-0.2, -0.15) is 27.1 Å². The molecule has 35 heavy (non-hydrogen) atoms. The smallest absolute Gasteiger partial charge is 0.475 e. The zero-order valence-electron chi connectivity index (χ0n) is 18.4. The Hall–Kier alpha value is -3.33. The van der Waals surface area contributed by atoms with Crippen molar-refractivity contribution in [3.8, 4) is 0 Å². The summed E-state index contributed by atoms with van der Waals surface area (Å²) in [5.74, 6) is -2.69. The number of hydrogen-bond acceptors (Lipinski definition) is 6. The highest BCUT2D eigenvalue weighted by atomic mass is 32.1. The van der Waals surface area contributed by atoms with E-state index in [1.807, 2.05) is 12.1 Å². The summed E-state index contributed by atoms with van der Waals surface area (Å²) in [5, 5.41) is 11.0. The van der Waals surface area contributed by atoms with E-state index in [0.717, 1.165) is 20.9 Å². The molecule has 0 spiro atoms. The number of aliphatic carboxylic acids is 1. The van der Waals surface area contributed by atoms with Gasteiger partial charge in [0, 0.05) is 41.9 Å². The number of carbonyl (C=O) groups is 2. The molecule has 3 N–H and O–H groups in total. The van der Waals surface area contributed by atoms with Gasteiger partial charge in [-0.15, -0.1) is 11.3 Å². The minimum absolute atomic E-state index is 0.0684. The van der Waals surface area contributed by atoms with Crippen molar-refractivity contribution in [2.75, 3.05) is 19.6 Å². The molecular formula is C20H22F5N5O4S. The molecule has 1 aliphatic heterocycles. The third-order valence-corrected chi connectivity index (χ3v) is 6.00. The maximum absolute atomic E-state index is 12.7. The average Bonchev–Trinajstić information content (AvgIpc) is 3.39. The Bertz CT molecular complexity index is 1180. The van der Waals surface area contributed by atoms with Crippen molar-refractivity contribution in [2.24, 2.45) is 5.73 Å². The van der Waals surface area contributed by atoms with Crippen LogP contribution in [0.15, 0.2) is 41.0 Å². The number of carboxylic acid groups (broad SMARTS) is 1. The van der Waals surface area contributed by atoms with Gasteiger partial charge < -0.3 is 15.7 Å². The number of carbonyl (C=O) groups excluding carboxylic acids is 1. The largest absolute Gasteiger partial charge is 0.490 e. The van der Waals surface area contributed by atoms with E-state index in [4.69, 9.17) is 15.6 Å². The molecule has 0 saturated carbocycles. The lowest BCUT2D eigenvalue weighted by Crippen LogP contribution is -2.32. The molecule has 0 fully saturated rings. The number of amides is 1. The maximum atomic E-state index is 12.7. The van der Waals surface area contributed by atoms with Crippen LogP contribution in [-0.4, -0.2) is 62.0 Å². The van der Waals surface area contributed by atoms with Gasteiger partial charge in [0.1, 0.15) is 6.33 Å². The van der Waals surface area contributed by atoms with Gasteiger partial charge in [0.2, 0.25) is 5.91 Å². The maximum Gasteiger partial charge on any atom is 0.490 e. The Morgan fingerprint density at radius 1 is 1.26 bits per heavy atom. The third kappa shape index (κ3) is 7.85. The molecular weight excluding hydrogens is 501 g/mol. The lowest BCUT2D eigenvalue weighted by molar-refractivity contribution is -0.192. The van der Waals surface area contributed by atoms with Gasteiger partial charge in [-0.25, -0.2) is 14.3 Å². The number of carboxylic acids is 1. The molecule has 0 unspecified atom stereocenters. The first kappa shape index (κ1) is 27.9. The van der Waals surface area contributed by atoms with Gasteiger partial charge in [0.25, 0.3) is 6.08 Å². The van der Waals surface area contributed by atoms with Crippen LogP contribution < -0.4 is 11.4 Å². The fourth-order valence-corrected chi connectivity index (χ4v) is 4.03. The van der Waals surface area contributed by atoms with Gasteiger partial charge in [-0.1, -0.05) is 6.08 Å². The van der Waals surface area contributed by atoms with E-state index in [1.54, 1.807) is 23.2 Å². The standard InChI is InChI=1S/C18H21F2N5O2S.C2HF3O2/c1-12(26)23-6-4-13(5-7-23)16-3-2-15(28-16)10-24-11-22-25(18(24)27)9-14(8-21)17(19)20;3-2(4,5)1(6)7/h2-4,11H,5-10,21H2,1H3;(H,6,7). The van der Waals surface area contributed by atoms with Crippen LogP contribution in [0.2, 0.25) is 0 Å². The predicted octanol–water partition coefficient (Wildman–Crippen LogP) is 2.53. The Kier molecular flexibility index (Phi) is 9.47. The van der Waals surface area contributed by atoms with E-state index in [9.17, 15) is 31.5 Å². The van der Waals surface area contributed by atoms with E-state index in [-0.39, 0.29) is 24.6 Å². The molecule has 2 aromatic rings. The van der Waals surface area contributed by atoms with Crippen LogP contribution in [0.3, 0.4) is 0 Å². The second-order valence-electron chi connectivity index (χ2n) is 7.28. The summed E-state index contributed by atoms with van der Waals surface area (Å²) in [6.07, 6.45) is -2.77. The van der Waals surface area contributed by atoms with E-state index in [2.05, 4.69) is 11.2 Å². The summed E-state index contributed by atoms with van der Waals surface area (Å²) in [6, 6.07) is 3.94. The number of nitrogens with zero attached hydrogens (tertiary/aromatic N) is 4. The molecule has 0 aliphatic carbocycles. The lowest BCUT2D eigenvalue weighted by atomic mass is 10.1. The summed E-state index contributed by atoms with van der Waals surface area (Å²) in [7, 11) is 0. The van der Waals surface area contributed by atoms with E-state index >= 15 is 0 Å². The highest BCUT2D eigenvalue weighted by Gasteiger charge is 2.38. The molecule has 0 aromatic carbocycles. The highest BCUT2D eigenvalue weighted by molar-refractivity contribution is 7.13. The SMILES string of the molecule is CC(=O)N1CC=C(c2ccc(Cn3cnn(CC(CN)=C(F)F)c3=O)s2)CC1.O=C(O)C(F)(F)F. The van der Waals surface area contributed by atoms with Crippen molar-refractivity contribution in [3.63, 3.8) is 0 Å². The average molecular weight is 523 g/mol. The molecule has 3 heterocycles. The first-order valence-corrected chi connectivity index (χ1v) is 10.8. The monoisotopic (exact) mass is 523 g/mol. The number of aromatic nitrogens is 3. The second-order valence-corrected chi connectivity index (χ2v) is 8.45. The van der Waals surface area contributed by atoms with Crippen LogP contribution in [0, 0.1) is 0 Å². The minimum Gasteiger partial charge on any atom is -0.475 e. The van der Waals surface area contributed by atoms with Gasteiger partial charge >= 0.3 is 17.8 Å². The Labute approximate surface area is 199 Å². The third-order valence-electron chi connectivity index (χ3n) is 4.85. The molecule has 0 bridgehead atoms. The fraction of sp³-hybridized carbons (Fsp3) is 0.400. The number of thiophene rings is 1. The van der Waals surface area contributed by atoms with Crippen LogP contribution in [0.5, 0.6) is 0 Å². The highest BCUT2D eigenvalue weighted by Crippen LogP contribution is 2.29. The predicted molar refractivity (Wildman–Crippen MR) is 117 cm³/mol. The number of nitrogens with two attached hydrogens (primary N) is 1. The van der Waals surface area contributed by atoms with Crippen molar-refractivity contribution in [3.05, 3.63) is 56.4 Å². The zero-order valence-corrected chi connectivity index (χ0v) is 19.2. The van der Waals surface area contributed by atoms with E-state index < -0.39 is 23.9 Å². The van der Waals surface area contributed by atoms with Crippen LogP contribution in [-0.2, 0) is 22.7 Å². The second kappa shape index (κ2) is 11.9. The van der Waals surface area contributed by atoms with E-state index in [0.29, 0.717) is 19.6 Å². The Morgan fingerprint density at radius 3 is 2.40 bits per heavy atom. The number of alkyl halides is 3. The van der Waals surface area contributed by atoms with Crippen molar-refractivity contribution in [2.45, 2.75) is 32.6 Å². The molecule has 0 saturated heterocycles. The van der Waals surface area contributed by atoms with Crippen LogP contribution in [0.1, 0.15) is 23.1 Å². The molecule has 3 rings (SSSR count). The van der Waals surface area contributed by atoms with Gasteiger partial charge in [0.15, 0.2) is 0 Å². The molecule has 192 valence electrons. The lowest BCUT2D eigenvalue weighted by Gasteiger charge is -2.24. The van der Waals surface area contributed by atoms with Gasteiger partial charge in [0.05, 0.1) is 13.1 Å². The summed E-state index contributed by atoms with van der Waals surface area (Å²) >= 11 is 1.57. The topological polar surface area (TPSA) is 123 Å². The van der Waals surface area contributed by atoms with Crippen molar-refractivity contribution in [1.82, 2.24) is 19.2 Å². The first-order chi connectivity index (χ1) is 16.3. The molecule has 2 aromatic heterocycles. The molecule has 9 nitrogen and oxygen atoms in total.